The standard InChI is InChI=1S/C16H24Cl2N4O.HI/c1-3-8-20-15(23)11-22-16(19-2)21-9-4-5-12-6-7-13(17)10-14(12)18;/h6-7,10H,3-5,8-9,11H2,1-2H3,(H,20,23)(H2,19,21,22);1H. The van der Waals surface area contributed by atoms with Crippen molar-refractivity contribution in [3.63, 3.8) is 0 Å². The fraction of sp³-hybridized carbons (Fsp3) is 0.500. The molecule has 136 valence electrons. The first-order valence-electron chi connectivity index (χ1n) is 7.72. The Morgan fingerprint density at radius 1 is 1.17 bits per heavy atom. The average Bonchev–Trinajstić information content (AvgIpc) is 2.53. The number of aliphatic imine (C=N–C) groups is 1. The summed E-state index contributed by atoms with van der Waals surface area (Å²) in [5.74, 6) is 0.571. The molecule has 0 atom stereocenters. The first-order chi connectivity index (χ1) is 11.1. The summed E-state index contributed by atoms with van der Waals surface area (Å²) < 4.78 is 0. The molecule has 0 saturated heterocycles. The Morgan fingerprint density at radius 3 is 2.54 bits per heavy atom. The first kappa shape index (κ1) is 23.3. The average molecular weight is 487 g/mol. The molecule has 1 aromatic rings. The fourth-order valence-electron chi connectivity index (χ4n) is 1.92. The fourth-order valence-corrected chi connectivity index (χ4v) is 2.42. The Hall–Kier alpha value is -0.730. The van der Waals surface area contributed by atoms with Gasteiger partial charge in [-0.25, -0.2) is 0 Å². The van der Waals surface area contributed by atoms with Gasteiger partial charge in [-0.05, 0) is 37.0 Å². The predicted molar refractivity (Wildman–Crippen MR) is 113 cm³/mol. The molecule has 0 aliphatic heterocycles. The van der Waals surface area contributed by atoms with Gasteiger partial charge >= 0.3 is 0 Å². The molecule has 0 aromatic heterocycles. The molecule has 0 aliphatic rings. The molecule has 0 radical (unpaired) electrons. The van der Waals surface area contributed by atoms with E-state index in [1.165, 1.54) is 0 Å². The summed E-state index contributed by atoms with van der Waals surface area (Å²) in [6.07, 6.45) is 2.66. The number of nitrogens with zero attached hydrogens (tertiary/aromatic N) is 1. The maximum atomic E-state index is 11.5. The lowest BCUT2D eigenvalue weighted by Gasteiger charge is -2.12. The summed E-state index contributed by atoms with van der Waals surface area (Å²) in [4.78, 5) is 15.6. The van der Waals surface area contributed by atoms with E-state index >= 15 is 0 Å². The Labute approximate surface area is 171 Å². The zero-order chi connectivity index (χ0) is 17.1. The lowest BCUT2D eigenvalue weighted by Crippen LogP contribution is -2.43. The van der Waals surface area contributed by atoms with Gasteiger partial charge in [0.2, 0.25) is 5.91 Å². The SMILES string of the molecule is CCCNC(=O)CNC(=NC)NCCCc1ccc(Cl)cc1Cl.I. The van der Waals surface area contributed by atoms with Gasteiger partial charge in [-0.1, -0.05) is 36.2 Å². The van der Waals surface area contributed by atoms with E-state index in [9.17, 15) is 4.79 Å². The summed E-state index contributed by atoms with van der Waals surface area (Å²) >= 11 is 12.0. The Kier molecular flexibility index (Phi) is 13.1. The molecule has 1 aromatic carbocycles. The normalized spacial score (nSPS) is 10.8. The molecule has 0 bridgehead atoms. The third-order valence-electron chi connectivity index (χ3n) is 3.14. The quantitative estimate of drug-likeness (QED) is 0.229. The number of halogens is 3. The van der Waals surface area contributed by atoms with E-state index in [1.807, 2.05) is 19.1 Å². The maximum absolute atomic E-state index is 11.5. The molecule has 5 nitrogen and oxygen atoms in total. The van der Waals surface area contributed by atoms with Crippen LogP contribution in [0.2, 0.25) is 10.0 Å². The van der Waals surface area contributed by atoms with Crippen LogP contribution in [-0.2, 0) is 11.2 Å². The minimum absolute atomic E-state index is 0. The van der Waals surface area contributed by atoms with Crippen LogP contribution in [0.5, 0.6) is 0 Å². The third kappa shape index (κ3) is 9.54. The van der Waals surface area contributed by atoms with Crippen molar-refractivity contribution >= 4 is 59.0 Å². The molecule has 24 heavy (non-hydrogen) atoms. The lowest BCUT2D eigenvalue weighted by atomic mass is 10.1. The van der Waals surface area contributed by atoms with E-state index in [0.717, 1.165) is 31.4 Å². The third-order valence-corrected chi connectivity index (χ3v) is 3.73. The molecule has 1 rings (SSSR count). The monoisotopic (exact) mass is 486 g/mol. The highest BCUT2D eigenvalue weighted by Crippen LogP contribution is 2.21. The molecular formula is C16H25Cl2IN4O. The van der Waals surface area contributed by atoms with Gasteiger partial charge in [0, 0.05) is 30.2 Å². The van der Waals surface area contributed by atoms with Gasteiger partial charge in [-0.2, -0.15) is 0 Å². The summed E-state index contributed by atoms with van der Waals surface area (Å²) in [5.41, 5.74) is 1.07. The second-order valence-electron chi connectivity index (χ2n) is 5.04. The Balaban J connectivity index is 0.00000529. The summed E-state index contributed by atoms with van der Waals surface area (Å²) in [6.45, 7) is 3.65. The van der Waals surface area contributed by atoms with E-state index in [0.29, 0.717) is 22.5 Å². The Bertz CT molecular complexity index is 541. The van der Waals surface area contributed by atoms with Crippen molar-refractivity contribution in [3.8, 4) is 0 Å². The lowest BCUT2D eigenvalue weighted by molar-refractivity contribution is -0.120. The van der Waals surface area contributed by atoms with E-state index in [1.54, 1.807) is 13.1 Å². The first-order valence-corrected chi connectivity index (χ1v) is 8.47. The number of nitrogens with one attached hydrogen (secondary N) is 3. The van der Waals surface area contributed by atoms with Crippen molar-refractivity contribution in [2.24, 2.45) is 4.99 Å². The number of rotatable bonds is 8. The van der Waals surface area contributed by atoms with Gasteiger partial charge < -0.3 is 16.0 Å². The van der Waals surface area contributed by atoms with Crippen molar-refractivity contribution in [1.29, 1.82) is 0 Å². The van der Waals surface area contributed by atoms with Crippen LogP contribution in [0.15, 0.2) is 23.2 Å². The van der Waals surface area contributed by atoms with Crippen LogP contribution in [-0.4, -0.2) is 38.5 Å². The van der Waals surface area contributed by atoms with Gasteiger partial charge in [-0.3, -0.25) is 9.79 Å². The van der Waals surface area contributed by atoms with Crippen molar-refractivity contribution < 1.29 is 4.79 Å². The van der Waals surface area contributed by atoms with Crippen LogP contribution < -0.4 is 16.0 Å². The second kappa shape index (κ2) is 13.5. The van der Waals surface area contributed by atoms with Crippen LogP contribution >= 0.6 is 47.2 Å². The smallest absolute Gasteiger partial charge is 0.239 e. The highest BCUT2D eigenvalue weighted by Gasteiger charge is 2.04. The minimum atomic E-state index is -0.0391. The number of benzene rings is 1. The highest BCUT2D eigenvalue weighted by molar-refractivity contribution is 14.0. The molecule has 8 heteroatoms. The van der Waals surface area contributed by atoms with Crippen molar-refractivity contribution in [2.45, 2.75) is 26.2 Å². The largest absolute Gasteiger partial charge is 0.356 e. The van der Waals surface area contributed by atoms with E-state index in [4.69, 9.17) is 23.2 Å². The van der Waals surface area contributed by atoms with Gasteiger partial charge in [0.15, 0.2) is 5.96 Å². The topological polar surface area (TPSA) is 65.5 Å². The van der Waals surface area contributed by atoms with Crippen molar-refractivity contribution in [1.82, 2.24) is 16.0 Å². The molecule has 0 fully saturated rings. The number of carbonyl (C=O) groups excluding carboxylic acids is 1. The summed E-state index contributed by atoms with van der Waals surface area (Å²) in [7, 11) is 1.68. The Morgan fingerprint density at radius 2 is 1.92 bits per heavy atom. The summed E-state index contributed by atoms with van der Waals surface area (Å²) in [6, 6.07) is 5.53. The number of carbonyl (C=O) groups is 1. The molecule has 3 N–H and O–H groups in total. The molecular weight excluding hydrogens is 462 g/mol. The van der Waals surface area contributed by atoms with Crippen LogP contribution in [0, 0.1) is 0 Å². The van der Waals surface area contributed by atoms with Crippen molar-refractivity contribution in [3.05, 3.63) is 33.8 Å². The minimum Gasteiger partial charge on any atom is -0.356 e. The van der Waals surface area contributed by atoms with Crippen LogP contribution in [0.3, 0.4) is 0 Å². The number of guanidine groups is 1. The molecule has 1 amide bonds. The van der Waals surface area contributed by atoms with Crippen LogP contribution in [0.25, 0.3) is 0 Å². The van der Waals surface area contributed by atoms with E-state index in [-0.39, 0.29) is 36.4 Å². The zero-order valence-corrected chi connectivity index (χ0v) is 17.8. The van der Waals surface area contributed by atoms with Gasteiger partial charge in [0.25, 0.3) is 0 Å². The summed E-state index contributed by atoms with van der Waals surface area (Å²) in [5, 5.41) is 10.3. The van der Waals surface area contributed by atoms with E-state index < -0.39 is 0 Å². The number of aryl methyl sites for hydroxylation is 1. The maximum Gasteiger partial charge on any atom is 0.239 e. The van der Waals surface area contributed by atoms with Crippen molar-refractivity contribution in [2.75, 3.05) is 26.7 Å². The van der Waals surface area contributed by atoms with E-state index in [2.05, 4.69) is 20.9 Å². The van der Waals surface area contributed by atoms with Gasteiger partial charge in [0.05, 0.1) is 6.54 Å². The molecule has 0 spiro atoms. The molecule has 0 unspecified atom stereocenters. The number of amides is 1. The number of hydrogen-bond acceptors (Lipinski definition) is 2. The highest BCUT2D eigenvalue weighted by atomic mass is 127. The molecule has 0 heterocycles. The molecule has 0 saturated carbocycles. The molecule has 0 aliphatic carbocycles. The second-order valence-corrected chi connectivity index (χ2v) is 5.89. The van der Waals surface area contributed by atoms with Gasteiger partial charge in [-0.15, -0.1) is 24.0 Å². The predicted octanol–water partition coefficient (Wildman–Crippen LogP) is 3.24. The zero-order valence-electron chi connectivity index (χ0n) is 14.0. The van der Waals surface area contributed by atoms with Crippen LogP contribution in [0.4, 0.5) is 0 Å². The number of hydrogen-bond donors (Lipinski definition) is 3. The van der Waals surface area contributed by atoms with Gasteiger partial charge in [0.1, 0.15) is 0 Å². The van der Waals surface area contributed by atoms with Crippen LogP contribution in [0.1, 0.15) is 25.3 Å².